The fraction of sp³-hybridized carbons (Fsp3) is 0.0833. The second kappa shape index (κ2) is 4.09. The quantitative estimate of drug-likeness (QED) is 0.724. The Hall–Kier alpha value is -1.90. The first-order valence-corrected chi connectivity index (χ1v) is 4.70. The van der Waals surface area contributed by atoms with Crippen LogP contribution in [0.4, 0.5) is 10.1 Å². The molecule has 0 atom stereocenters. The molecule has 0 unspecified atom stereocenters. The second-order valence-electron chi connectivity index (χ2n) is 3.26. The molecule has 0 spiro atoms. The summed E-state index contributed by atoms with van der Waals surface area (Å²) >= 11 is 0. The zero-order valence-electron chi connectivity index (χ0n) is 8.37. The van der Waals surface area contributed by atoms with E-state index in [0.717, 1.165) is 17.1 Å². The van der Waals surface area contributed by atoms with E-state index in [0.29, 0.717) is 0 Å². The second-order valence-corrected chi connectivity index (χ2v) is 3.26. The lowest BCUT2D eigenvalue weighted by molar-refractivity contribution is 0.628. The van der Waals surface area contributed by atoms with E-state index in [4.69, 9.17) is 0 Å². The zero-order chi connectivity index (χ0) is 10.7. The van der Waals surface area contributed by atoms with Crippen molar-refractivity contribution in [2.24, 2.45) is 4.99 Å². The van der Waals surface area contributed by atoms with Gasteiger partial charge in [0, 0.05) is 6.20 Å². The molecule has 2 nitrogen and oxygen atoms in total. The van der Waals surface area contributed by atoms with Gasteiger partial charge in [-0.1, -0.05) is 0 Å². The molecule has 0 aliphatic carbocycles. The average molecular weight is 202 g/mol. The van der Waals surface area contributed by atoms with Crippen molar-refractivity contribution in [3.63, 3.8) is 0 Å². The first-order chi connectivity index (χ1) is 7.25. The van der Waals surface area contributed by atoms with Gasteiger partial charge in [-0.15, -0.1) is 0 Å². The SMILES string of the molecule is CC(=Nc1ccc(F)cc1)c1ccc[nH]1. The van der Waals surface area contributed by atoms with Crippen LogP contribution in [0.25, 0.3) is 0 Å². The topological polar surface area (TPSA) is 28.1 Å². The number of nitrogens with zero attached hydrogens (tertiary/aromatic N) is 1. The molecule has 2 rings (SSSR count). The van der Waals surface area contributed by atoms with Crippen LogP contribution >= 0.6 is 0 Å². The zero-order valence-corrected chi connectivity index (χ0v) is 8.37. The van der Waals surface area contributed by atoms with Crippen LogP contribution in [0.5, 0.6) is 0 Å². The third-order valence-corrected chi connectivity index (χ3v) is 2.11. The maximum Gasteiger partial charge on any atom is 0.123 e. The van der Waals surface area contributed by atoms with Crippen LogP contribution in [-0.4, -0.2) is 10.7 Å². The molecule has 0 saturated carbocycles. The minimum atomic E-state index is -0.244. The summed E-state index contributed by atoms with van der Waals surface area (Å²) < 4.78 is 12.6. The molecule has 1 heterocycles. The van der Waals surface area contributed by atoms with Gasteiger partial charge in [-0.05, 0) is 43.3 Å². The number of nitrogens with one attached hydrogen (secondary N) is 1. The van der Waals surface area contributed by atoms with Crippen molar-refractivity contribution in [1.29, 1.82) is 0 Å². The first kappa shape index (κ1) is 9.65. The van der Waals surface area contributed by atoms with Gasteiger partial charge in [0.15, 0.2) is 0 Å². The van der Waals surface area contributed by atoms with Gasteiger partial charge in [-0.25, -0.2) is 4.39 Å². The van der Waals surface area contributed by atoms with Crippen LogP contribution in [0.1, 0.15) is 12.6 Å². The molecule has 2 aromatic rings. The number of rotatable bonds is 2. The number of aromatic nitrogens is 1. The van der Waals surface area contributed by atoms with E-state index in [2.05, 4.69) is 9.98 Å². The van der Waals surface area contributed by atoms with E-state index < -0.39 is 0 Å². The highest BCUT2D eigenvalue weighted by Crippen LogP contribution is 2.13. The lowest BCUT2D eigenvalue weighted by atomic mass is 10.3. The number of benzene rings is 1. The number of hydrogen-bond acceptors (Lipinski definition) is 1. The summed E-state index contributed by atoms with van der Waals surface area (Å²) in [6.45, 7) is 1.91. The van der Waals surface area contributed by atoms with Crippen molar-refractivity contribution in [2.45, 2.75) is 6.92 Å². The van der Waals surface area contributed by atoms with Crippen LogP contribution in [-0.2, 0) is 0 Å². The Morgan fingerprint density at radius 3 is 2.53 bits per heavy atom. The van der Waals surface area contributed by atoms with E-state index in [1.165, 1.54) is 12.1 Å². The molecule has 0 fully saturated rings. The van der Waals surface area contributed by atoms with Gasteiger partial charge >= 0.3 is 0 Å². The van der Waals surface area contributed by atoms with E-state index in [-0.39, 0.29) is 5.82 Å². The Morgan fingerprint density at radius 2 is 1.93 bits per heavy atom. The Labute approximate surface area is 87.5 Å². The first-order valence-electron chi connectivity index (χ1n) is 4.70. The summed E-state index contributed by atoms with van der Waals surface area (Å²) in [6.07, 6.45) is 1.85. The van der Waals surface area contributed by atoms with Gasteiger partial charge in [0.25, 0.3) is 0 Å². The normalized spacial score (nSPS) is 11.7. The Morgan fingerprint density at radius 1 is 1.20 bits per heavy atom. The number of halogens is 1. The summed E-state index contributed by atoms with van der Waals surface area (Å²) in [5.74, 6) is -0.244. The van der Waals surface area contributed by atoms with E-state index in [1.54, 1.807) is 12.1 Å². The molecule has 1 aromatic carbocycles. The molecule has 0 amide bonds. The average Bonchev–Trinajstić information content (AvgIpc) is 2.74. The maximum atomic E-state index is 12.6. The number of H-pyrrole nitrogens is 1. The van der Waals surface area contributed by atoms with Crippen molar-refractivity contribution in [1.82, 2.24) is 4.98 Å². The number of aliphatic imine (C=N–C) groups is 1. The predicted molar refractivity (Wildman–Crippen MR) is 59.1 cm³/mol. The molecule has 1 N–H and O–H groups in total. The van der Waals surface area contributed by atoms with Crippen LogP contribution in [0.2, 0.25) is 0 Å². The van der Waals surface area contributed by atoms with Gasteiger partial charge in [0.05, 0.1) is 17.1 Å². The summed E-state index contributed by atoms with van der Waals surface area (Å²) in [6, 6.07) is 9.98. The lowest BCUT2D eigenvalue weighted by Gasteiger charge is -1.97. The monoisotopic (exact) mass is 202 g/mol. The van der Waals surface area contributed by atoms with Crippen molar-refractivity contribution < 1.29 is 4.39 Å². The Kier molecular flexibility index (Phi) is 2.63. The van der Waals surface area contributed by atoms with E-state index in [1.807, 2.05) is 25.3 Å². The molecular formula is C12H11FN2. The van der Waals surface area contributed by atoms with Crippen LogP contribution in [0.15, 0.2) is 47.6 Å². The fourth-order valence-corrected chi connectivity index (χ4v) is 1.32. The summed E-state index contributed by atoms with van der Waals surface area (Å²) in [7, 11) is 0. The summed E-state index contributed by atoms with van der Waals surface area (Å²) in [5.41, 5.74) is 2.61. The Bertz CT molecular complexity index is 455. The number of hydrogen-bond donors (Lipinski definition) is 1. The van der Waals surface area contributed by atoms with Crippen molar-refractivity contribution in [3.8, 4) is 0 Å². The van der Waals surface area contributed by atoms with E-state index in [9.17, 15) is 4.39 Å². The van der Waals surface area contributed by atoms with Crippen LogP contribution in [0.3, 0.4) is 0 Å². The van der Waals surface area contributed by atoms with Crippen molar-refractivity contribution >= 4 is 11.4 Å². The predicted octanol–water partition coefficient (Wildman–Crippen LogP) is 3.29. The summed E-state index contributed by atoms with van der Waals surface area (Å²) in [4.78, 5) is 7.43. The molecule has 0 radical (unpaired) electrons. The molecule has 0 bridgehead atoms. The minimum absolute atomic E-state index is 0.244. The molecule has 15 heavy (non-hydrogen) atoms. The molecule has 76 valence electrons. The largest absolute Gasteiger partial charge is 0.360 e. The van der Waals surface area contributed by atoms with Gasteiger partial charge in [-0.3, -0.25) is 4.99 Å². The third-order valence-electron chi connectivity index (χ3n) is 2.11. The standard InChI is InChI=1S/C12H11FN2/c1-9(12-3-2-8-14-12)15-11-6-4-10(13)5-7-11/h2-8,14H,1H3. The highest BCUT2D eigenvalue weighted by Gasteiger charge is 1.97. The smallest absolute Gasteiger partial charge is 0.123 e. The third kappa shape index (κ3) is 2.31. The molecule has 3 heteroatoms. The van der Waals surface area contributed by atoms with Crippen LogP contribution < -0.4 is 0 Å². The molecular weight excluding hydrogens is 191 g/mol. The highest BCUT2D eigenvalue weighted by atomic mass is 19.1. The highest BCUT2D eigenvalue weighted by molar-refractivity contribution is 5.98. The molecule has 0 aliphatic rings. The summed E-state index contributed by atoms with van der Waals surface area (Å²) in [5, 5.41) is 0. The van der Waals surface area contributed by atoms with Gasteiger partial charge < -0.3 is 4.98 Å². The molecule has 0 saturated heterocycles. The fourth-order valence-electron chi connectivity index (χ4n) is 1.32. The van der Waals surface area contributed by atoms with Crippen LogP contribution in [0, 0.1) is 5.82 Å². The van der Waals surface area contributed by atoms with E-state index >= 15 is 0 Å². The molecule has 0 aliphatic heterocycles. The minimum Gasteiger partial charge on any atom is -0.360 e. The lowest BCUT2D eigenvalue weighted by Crippen LogP contribution is -1.93. The molecule has 1 aromatic heterocycles. The van der Waals surface area contributed by atoms with Gasteiger partial charge in [-0.2, -0.15) is 0 Å². The van der Waals surface area contributed by atoms with Gasteiger partial charge in [0.2, 0.25) is 0 Å². The van der Waals surface area contributed by atoms with Crippen molar-refractivity contribution in [3.05, 3.63) is 54.1 Å². The van der Waals surface area contributed by atoms with Crippen molar-refractivity contribution in [2.75, 3.05) is 0 Å². The van der Waals surface area contributed by atoms with Gasteiger partial charge in [0.1, 0.15) is 5.82 Å². The Balaban J connectivity index is 2.27. The number of aromatic amines is 1. The maximum absolute atomic E-state index is 12.6.